The molecular weight excluding hydrogens is 328 g/mol. The number of allylic oxidation sites excluding steroid dienone is 2. The van der Waals surface area contributed by atoms with Crippen molar-refractivity contribution in [1.82, 2.24) is 20.4 Å². The maximum atomic E-state index is 12.6. The van der Waals surface area contributed by atoms with E-state index >= 15 is 0 Å². The average Bonchev–Trinajstić information content (AvgIpc) is 2.87. The van der Waals surface area contributed by atoms with Crippen molar-refractivity contribution in [3.05, 3.63) is 29.1 Å². The average molecular weight is 358 g/mol. The van der Waals surface area contributed by atoms with E-state index in [1.165, 1.54) is 0 Å². The molecule has 1 aliphatic heterocycles. The molecule has 0 saturated carbocycles. The third-order valence-corrected chi connectivity index (χ3v) is 5.87. The van der Waals surface area contributed by atoms with E-state index in [0.717, 1.165) is 42.6 Å². The highest BCUT2D eigenvalue weighted by Crippen LogP contribution is 2.27. The highest BCUT2D eigenvalue weighted by molar-refractivity contribution is 5.79. The number of hydrogen-bond donors (Lipinski definition) is 2. The van der Waals surface area contributed by atoms with Crippen LogP contribution < -0.4 is 10.6 Å². The lowest BCUT2D eigenvalue weighted by molar-refractivity contribution is -0.127. The molecule has 2 aliphatic rings. The normalized spacial score (nSPS) is 25.8. The summed E-state index contributed by atoms with van der Waals surface area (Å²) in [6.07, 6.45) is 9.88. The zero-order valence-electron chi connectivity index (χ0n) is 16.0. The van der Waals surface area contributed by atoms with E-state index in [2.05, 4.69) is 27.9 Å². The Morgan fingerprint density at radius 1 is 1.35 bits per heavy atom. The van der Waals surface area contributed by atoms with Gasteiger partial charge in [0.05, 0.1) is 11.7 Å². The Hall–Kier alpha value is -2.11. The molecule has 1 aromatic rings. The number of rotatable bonds is 5. The van der Waals surface area contributed by atoms with E-state index in [1.54, 1.807) is 0 Å². The molecule has 1 saturated heterocycles. The smallest absolute Gasteiger partial charge is 0.220 e. The predicted molar refractivity (Wildman–Crippen MR) is 101 cm³/mol. The van der Waals surface area contributed by atoms with Crippen LogP contribution in [0.2, 0.25) is 0 Å². The van der Waals surface area contributed by atoms with Gasteiger partial charge in [-0.25, -0.2) is 0 Å². The molecule has 2 amide bonds. The second kappa shape index (κ2) is 8.06. The van der Waals surface area contributed by atoms with Crippen molar-refractivity contribution in [2.75, 3.05) is 0 Å². The zero-order chi connectivity index (χ0) is 18.7. The first-order chi connectivity index (χ1) is 12.5. The molecule has 1 fully saturated rings. The highest BCUT2D eigenvalue weighted by Gasteiger charge is 2.35. The summed E-state index contributed by atoms with van der Waals surface area (Å²) in [7, 11) is 1.93. The third-order valence-electron chi connectivity index (χ3n) is 5.87. The molecule has 6 nitrogen and oxygen atoms in total. The number of amides is 2. The Morgan fingerprint density at radius 3 is 2.81 bits per heavy atom. The molecule has 142 valence electrons. The van der Waals surface area contributed by atoms with Gasteiger partial charge in [-0.1, -0.05) is 12.2 Å². The molecule has 3 atom stereocenters. The van der Waals surface area contributed by atoms with E-state index in [4.69, 9.17) is 0 Å². The summed E-state index contributed by atoms with van der Waals surface area (Å²) in [6.45, 7) is 4.03. The highest BCUT2D eigenvalue weighted by atomic mass is 16.2. The molecule has 0 radical (unpaired) electrons. The molecule has 0 spiro atoms. The number of hydrogen-bond acceptors (Lipinski definition) is 3. The molecule has 0 bridgehead atoms. The summed E-state index contributed by atoms with van der Waals surface area (Å²) >= 11 is 0. The number of aromatic nitrogens is 2. The van der Waals surface area contributed by atoms with Crippen molar-refractivity contribution >= 4 is 11.8 Å². The number of piperidine rings is 1. The van der Waals surface area contributed by atoms with Crippen molar-refractivity contribution in [2.45, 2.75) is 70.9 Å². The van der Waals surface area contributed by atoms with E-state index in [9.17, 15) is 9.59 Å². The van der Waals surface area contributed by atoms with Crippen LogP contribution in [-0.4, -0.2) is 33.7 Å². The van der Waals surface area contributed by atoms with Crippen LogP contribution in [0.1, 0.15) is 55.5 Å². The molecule has 6 heteroatoms. The van der Waals surface area contributed by atoms with Crippen LogP contribution >= 0.6 is 0 Å². The number of nitrogens with zero attached hydrogens (tertiary/aromatic N) is 2. The summed E-state index contributed by atoms with van der Waals surface area (Å²) in [5, 5.41) is 10.8. The SMILES string of the molecule is Cc1nn(C)c(C)c1CCC(=O)N[C@@H]1CCC(=O)N[C@H]1C1CC=CCC1. The second-order valence-electron chi connectivity index (χ2n) is 7.62. The first-order valence-electron chi connectivity index (χ1n) is 9.68. The molecular formula is C20H30N4O2. The molecule has 3 rings (SSSR count). The van der Waals surface area contributed by atoms with Crippen molar-refractivity contribution in [2.24, 2.45) is 13.0 Å². The maximum Gasteiger partial charge on any atom is 0.220 e. The Bertz CT molecular complexity index is 707. The van der Waals surface area contributed by atoms with Gasteiger partial charge in [0.25, 0.3) is 0 Å². The Kier molecular flexibility index (Phi) is 5.79. The second-order valence-corrected chi connectivity index (χ2v) is 7.62. The summed E-state index contributed by atoms with van der Waals surface area (Å²) in [6, 6.07) is 0.0832. The Labute approximate surface area is 155 Å². The first-order valence-corrected chi connectivity index (χ1v) is 9.68. The lowest BCUT2D eigenvalue weighted by Crippen LogP contribution is -2.58. The van der Waals surface area contributed by atoms with Gasteiger partial charge >= 0.3 is 0 Å². The Morgan fingerprint density at radius 2 is 2.15 bits per heavy atom. The van der Waals surface area contributed by atoms with Crippen molar-refractivity contribution in [1.29, 1.82) is 0 Å². The van der Waals surface area contributed by atoms with Gasteiger partial charge in [-0.2, -0.15) is 5.10 Å². The monoisotopic (exact) mass is 358 g/mol. The largest absolute Gasteiger partial charge is 0.351 e. The number of carbonyl (C=O) groups is 2. The van der Waals surface area contributed by atoms with Gasteiger partial charge in [0.1, 0.15) is 0 Å². The lowest BCUT2D eigenvalue weighted by atomic mass is 9.81. The van der Waals surface area contributed by atoms with Crippen LogP contribution in [0.4, 0.5) is 0 Å². The summed E-state index contributed by atoms with van der Waals surface area (Å²) < 4.78 is 1.87. The number of nitrogens with one attached hydrogen (secondary N) is 2. The quantitative estimate of drug-likeness (QED) is 0.792. The summed E-state index contributed by atoms with van der Waals surface area (Å²) in [4.78, 5) is 24.4. The van der Waals surface area contributed by atoms with Gasteiger partial charge in [-0.3, -0.25) is 14.3 Å². The zero-order valence-corrected chi connectivity index (χ0v) is 16.0. The van der Waals surface area contributed by atoms with Crippen molar-refractivity contribution in [3.63, 3.8) is 0 Å². The van der Waals surface area contributed by atoms with E-state index in [1.807, 2.05) is 25.6 Å². The van der Waals surface area contributed by atoms with Gasteiger partial charge < -0.3 is 10.6 Å². The first kappa shape index (κ1) is 18.7. The van der Waals surface area contributed by atoms with E-state index < -0.39 is 0 Å². The van der Waals surface area contributed by atoms with Crippen LogP contribution in [0.25, 0.3) is 0 Å². The topological polar surface area (TPSA) is 76.0 Å². The Balaban J connectivity index is 1.59. The molecule has 1 aromatic heterocycles. The molecule has 1 aliphatic carbocycles. The minimum absolute atomic E-state index is 0.0350. The van der Waals surface area contributed by atoms with E-state index in [-0.39, 0.29) is 23.9 Å². The fraction of sp³-hybridized carbons (Fsp3) is 0.650. The van der Waals surface area contributed by atoms with Crippen molar-refractivity contribution in [3.8, 4) is 0 Å². The predicted octanol–water partition coefficient (Wildman–Crippen LogP) is 2.09. The molecule has 1 unspecified atom stereocenters. The van der Waals surface area contributed by atoms with Crippen LogP contribution in [0.15, 0.2) is 12.2 Å². The standard InChI is InChI=1S/C20H30N4O2/c1-13-16(14(2)24(3)23-13)9-11-18(25)21-17-10-12-19(26)22-20(17)15-7-5-4-6-8-15/h4-5,15,17,20H,6-12H2,1-3H3,(H,21,25)(H,22,26)/t15?,17-,20+/m1/s1. The van der Waals surface area contributed by atoms with Gasteiger partial charge in [0.2, 0.25) is 11.8 Å². The third kappa shape index (κ3) is 4.17. The van der Waals surface area contributed by atoms with Crippen LogP contribution in [0, 0.1) is 19.8 Å². The molecule has 2 N–H and O–H groups in total. The van der Waals surface area contributed by atoms with Crippen molar-refractivity contribution < 1.29 is 9.59 Å². The summed E-state index contributed by atoms with van der Waals surface area (Å²) in [5.74, 6) is 0.583. The van der Waals surface area contributed by atoms with Crippen LogP contribution in [-0.2, 0) is 23.1 Å². The van der Waals surface area contributed by atoms with Crippen LogP contribution in [0.3, 0.4) is 0 Å². The molecule has 2 heterocycles. The minimum atomic E-state index is 0.0350. The van der Waals surface area contributed by atoms with Gasteiger partial charge in [0.15, 0.2) is 0 Å². The van der Waals surface area contributed by atoms with E-state index in [0.29, 0.717) is 25.2 Å². The fourth-order valence-corrected chi connectivity index (χ4v) is 4.27. The van der Waals surface area contributed by atoms with Gasteiger partial charge in [0, 0.05) is 31.6 Å². The minimum Gasteiger partial charge on any atom is -0.351 e. The fourth-order valence-electron chi connectivity index (χ4n) is 4.27. The number of aryl methyl sites for hydroxylation is 2. The van der Waals surface area contributed by atoms with Gasteiger partial charge in [-0.15, -0.1) is 0 Å². The maximum absolute atomic E-state index is 12.6. The summed E-state index contributed by atoms with van der Waals surface area (Å²) in [5.41, 5.74) is 3.27. The van der Waals surface area contributed by atoms with Crippen LogP contribution in [0.5, 0.6) is 0 Å². The number of carbonyl (C=O) groups excluding carboxylic acids is 2. The van der Waals surface area contributed by atoms with Gasteiger partial charge in [-0.05, 0) is 57.4 Å². The molecule has 26 heavy (non-hydrogen) atoms. The lowest BCUT2D eigenvalue weighted by Gasteiger charge is -2.38. The molecule has 0 aromatic carbocycles.